The topological polar surface area (TPSA) is 70.1 Å². The Balaban J connectivity index is 2.04. The van der Waals surface area contributed by atoms with Gasteiger partial charge in [-0.2, -0.15) is 5.26 Å². The molecule has 0 spiro atoms. The summed E-state index contributed by atoms with van der Waals surface area (Å²) in [7, 11) is 0. The number of primary amides is 1. The fraction of sp³-hybridized carbons (Fsp3) is 0.0526. The number of hydrogen-bond acceptors (Lipinski definition) is 4. The number of rotatable bonds is 4. The summed E-state index contributed by atoms with van der Waals surface area (Å²) in [6.45, 7) is 0.558. The number of nitrogens with zero attached hydrogens (tertiary/aromatic N) is 2. The molecule has 0 fully saturated rings. The van der Waals surface area contributed by atoms with Crippen molar-refractivity contribution < 1.29 is 4.79 Å². The van der Waals surface area contributed by atoms with Crippen LogP contribution in [0.4, 0.5) is 0 Å². The molecular formula is C19H15N3OS. The van der Waals surface area contributed by atoms with Gasteiger partial charge in [0.05, 0.1) is 5.70 Å². The van der Waals surface area contributed by atoms with Crippen molar-refractivity contribution in [1.29, 1.82) is 5.26 Å². The van der Waals surface area contributed by atoms with Crippen molar-refractivity contribution in [3.63, 3.8) is 0 Å². The highest BCUT2D eigenvalue weighted by atomic mass is 32.2. The number of hydrogen-bond donors (Lipinski definition) is 1. The van der Waals surface area contributed by atoms with Gasteiger partial charge in [0.25, 0.3) is 5.91 Å². The van der Waals surface area contributed by atoms with Crippen LogP contribution < -0.4 is 5.73 Å². The van der Waals surface area contributed by atoms with E-state index in [0.717, 1.165) is 16.8 Å². The molecule has 1 aliphatic rings. The van der Waals surface area contributed by atoms with Gasteiger partial charge in [0.1, 0.15) is 16.7 Å². The molecular weight excluding hydrogens is 318 g/mol. The molecule has 0 atom stereocenters. The van der Waals surface area contributed by atoms with Gasteiger partial charge < -0.3 is 10.6 Å². The first kappa shape index (κ1) is 15.9. The Morgan fingerprint density at radius 3 is 2.29 bits per heavy atom. The van der Waals surface area contributed by atoms with Crippen LogP contribution in [0, 0.1) is 11.3 Å². The summed E-state index contributed by atoms with van der Waals surface area (Å²) in [6, 6.07) is 21.7. The molecule has 0 unspecified atom stereocenters. The molecule has 4 nitrogen and oxygen atoms in total. The zero-order valence-electron chi connectivity index (χ0n) is 12.8. The smallest absolute Gasteiger partial charge is 0.262 e. The van der Waals surface area contributed by atoms with Crippen molar-refractivity contribution in [1.82, 2.24) is 4.90 Å². The highest BCUT2D eigenvalue weighted by molar-refractivity contribution is 8.06. The molecule has 0 saturated heterocycles. The maximum absolute atomic E-state index is 11.6. The van der Waals surface area contributed by atoms with Gasteiger partial charge >= 0.3 is 0 Å². The fourth-order valence-corrected chi connectivity index (χ4v) is 3.55. The zero-order chi connectivity index (χ0) is 16.9. The van der Waals surface area contributed by atoms with E-state index in [0.29, 0.717) is 11.6 Å². The normalized spacial score (nSPS) is 15.6. The predicted molar refractivity (Wildman–Crippen MR) is 95.8 cm³/mol. The molecule has 2 aromatic rings. The maximum Gasteiger partial charge on any atom is 0.262 e. The quantitative estimate of drug-likeness (QED) is 0.687. The second kappa shape index (κ2) is 7.07. The number of thioether (sulfide) groups is 1. The van der Waals surface area contributed by atoms with Gasteiger partial charge in [0, 0.05) is 12.0 Å². The highest BCUT2D eigenvalue weighted by Gasteiger charge is 2.27. The van der Waals surface area contributed by atoms with Gasteiger partial charge in [-0.25, -0.2) is 0 Å². The Hall–Kier alpha value is -2.97. The van der Waals surface area contributed by atoms with Gasteiger partial charge in [-0.15, -0.1) is 0 Å². The van der Waals surface area contributed by atoms with Crippen molar-refractivity contribution in [2.75, 3.05) is 0 Å². The highest BCUT2D eigenvalue weighted by Crippen LogP contribution is 2.42. The van der Waals surface area contributed by atoms with Crippen molar-refractivity contribution in [2.45, 2.75) is 6.54 Å². The van der Waals surface area contributed by atoms with Gasteiger partial charge in [-0.05, 0) is 11.1 Å². The van der Waals surface area contributed by atoms with Crippen molar-refractivity contribution in [2.24, 2.45) is 5.73 Å². The minimum absolute atomic E-state index is 0.0156. The summed E-state index contributed by atoms with van der Waals surface area (Å²) in [5, 5.41) is 11.9. The third-order valence-electron chi connectivity index (χ3n) is 3.64. The molecule has 0 radical (unpaired) electrons. The van der Waals surface area contributed by atoms with Crippen LogP contribution in [-0.4, -0.2) is 10.8 Å². The Kier molecular flexibility index (Phi) is 4.69. The lowest BCUT2D eigenvalue weighted by molar-refractivity contribution is -0.114. The minimum Gasteiger partial charge on any atom is -0.365 e. The third-order valence-corrected chi connectivity index (χ3v) is 4.63. The third kappa shape index (κ3) is 3.19. The number of carbonyl (C=O) groups is 1. The molecule has 2 N–H and O–H groups in total. The summed E-state index contributed by atoms with van der Waals surface area (Å²) in [5.74, 6) is -0.708. The monoisotopic (exact) mass is 333 g/mol. The molecule has 0 aromatic heterocycles. The molecule has 2 aromatic carbocycles. The van der Waals surface area contributed by atoms with Crippen LogP contribution in [0.3, 0.4) is 0 Å². The van der Waals surface area contributed by atoms with Crippen molar-refractivity contribution in [3.8, 4) is 6.07 Å². The summed E-state index contributed by atoms with van der Waals surface area (Å²) in [4.78, 5) is 13.6. The van der Waals surface area contributed by atoms with E-state index in [1.165, 1.54) is 11.8 Å². The molecule has 0 saturated carbocycles. The second-order valence-corrected chi connectivity index (χ2v) is 6.07. The van der Waals surface area contributed by atoms with E-state index >= 15 is 0 Å². The first-order valence-corrected chi connectivity index (χ1v) is 8.26. The summed E-state index contributed by atoms with van der Waals surface area (Å²) in [5.41, 5.74) is 8.43. The average molecular weight is 333 g/mol. The molecule has 5 heteroatoms. The molecule has 0 bridgehead atoms. The van der Waals surface area contributed by atoms with Crippen molar-refractivity contribution >= 4 is 23.4 Å². The fourth-order valence-electron chi connectivity index (χ4n) is 2.51. The van der Waals surface area contributed by atoms with Crippen LogP contribution in [0.15, 0.2) is 76.7 Å². The van der Waals surface area contributed by atoms with Crippen molar-refractivity contribution in [3.05, 3.63) is 87.8 Å². The van der Waals surface area contributed by atoms with E-state index in [-0.39, 0.29) is 5.57 Å². The average Bonchev–Trinajstić information content (AvgIpc) is 3.00. The second-order valence-electron chi connectivity index (χ2n) is 5.21. The number of nitriles is 1. The molecule has 1 amide bonds. The zero-order valence-corrected chi connectivity index (χ0v) is 13.7. The molecule has 3 rings (SSSR count). The number of benzene rings is 2. The van der Waals surface area contributed by atoms with Gasteiger partial charge in [-0.1, -0.05) is 72.4 Å². The predicted octanol–water partition coefficient (Wildman–Crippen LogP) is 3.45. The van der Waals surface area contributed by atoms with E-state index in [1.807, 2.05) is 77.0 Å². The first-order chi connectivity index (χ1) is 11.7. The molecule has 118 valence electrons. The van der Waals surface area contributed by atoms with E-state index in [4.69, 9.17) is 5.73 Å². The van der Waals surface area contributed by atoms with Crippen LogP contribution in [0.5, 0.6) is 0 Å². The Labute approximate surface area is 144 Å². The van der Waals surface area contributed by atoms with E-state index in [2.05, 4.69) is 0 Å². The van der Waals surface area contributed by atoms with Crippen LogP contribution in [0.1, 0.15) is 11.1 Å². The molecule has 24 heavy (non-hydrogen) atoms. The van der Waals surface area contributed by atoms with Crippen LogP contribution >= 0.6 is 11.8 Å². The largest absolute Gasteiger partial charge is 0.365 e. The van der Waals surface area contributed by atoms with Crippen LogP contribution in [0.2, 0.25) is 0 Å². The van der Waals surface area contributed by atoms with Gasteiger partial charge in [0.2, 0.25) is 0 Å². The Morgan fingerprint density at radius 1 is 1.08 bits per heavy atom. The number of amides is 1. The number of carbonyl (C=O) groups excluding carboxylic acids is 1. The van der Waals surface area contributed by atoms with Crippen LogP contribution in [-0.2, 0) is 11.3 Å². The first-order valence-electron chi connectivity index (χ1n) is 7.38. The minimum atomic E-state index is -0.708. The Bertz CT molecular complexity index is 851. The summed E-state index contributed by atoms with van der Waals surface area (Å²) < 4.78 is 0. The number of nitrogens with two attached hydrogens (primary N) is 1. The van der Waals surface area contributed by atoms with Gasteiger partial charge in [0.15, 0.2) is 0 Å². The maximum atomic E-state index is 11.6. The molecule has 1 heterocycles. The SMILES string of the molecule is N#CC(C(N)=O)=C1SC=C(c2ccccc2)N1Cc1ccccc1. The summed E-state index contributed by atoms with van der Waals surface area (Å²) in [6.07, 6.45) is 0. The standard InChI is InChI=1S/C19H15N3OS/c20-11-16(18(21)23)19-22(12-14-7-3-1-4-8-14)17(13-24-19)15-9-5-2-6-10-15/h1-10,13H,12H2,(H2,21,23). The van der Waals surface area contributed by atoms with E-state index in [1.54, 1.807) is 0 Å². The van der Waals surface area contributed by atoms with E-state index in [9.17, 15) is 10.1 Å². The lowest BCUT2D eigenvalue weighted by atomic mass is 10.1. The lowest BCUT2D eigenvalue weighted by Crippen LogP contribution is -2.22. The Morgan fingerprint density at radius 2 is 1.71 bits per heavy atom. The van der Waals surface area contributed by atoms with Gasteiger partial charge in [-0.3, -0.25) is 4.79 Å². The molecule has 1 aliphatic heterocycles. The van der Waals surface area contributed by atoms with Crippen LogP contribution in [0.25, 0.3) is 5.70 Å². The summed E-state index contributed by atoms with van der Waals surface area (Å²) >= 11 is 1.35. The lowest BCUT2D eigenvalue weighted by Gasteiger charge is -2.24. The molecule has 0 aliphatic carbocycles. The van der Waals surface area contributed by atoms with E-state index < -0.39 is 5.91 Å².